The summed E-state index contributed by atoms with van der Waals surface area (Å²) in [5, 5.41) is 7.52. The quantitative estimate of drug-likeness (QED) is 0.726. The maximum absolute atomic E-state index is 12.7. The lowest BCUT2D eigenvalue weighted by molar-refractivity contribution is -0.143. The van der Waals surface area contributed by atoms with Crippen LogP contribution in [0.15, 0.2) is 18.2 Å². The van der Waals surface area contributed by atoms with E-state index in [1.54, 1.807) is 0 Å². The highest BCUT2D eigenvalue weighted by atomic mass is 19.4. The van der Waals surface area contributed by atoms with Crippen LogP contribution in [0.25, 0.3) is 0 Å². The molecular weight excluding hydrogens is 340 g/mol. The Morgan fingerprint density at radius 3 is 2.12 bits per heavy atom. The number of carbonyl (C=O) groups is 1. The average molecular weight is 355 g/mol. The van der Waals surface area contributed by atoms with E-state index in [2.05, 4.69) is 10.6 Å². The number of rotatable bonds is 3. The summed E-state index contributed by atoms with van der Waals surface area (Å²) in [4.78, 5) is 11.7. The van der Waals surface area contributed by atoms with Gasteiger partial charge < -0.3 is 16.0 Å². The summed E-state index contributed by atoms with van der Waals surface area (Å²) in [6.07, 6.45) is -8.14. The van der Waals surface area contributed by atoms with Crippen molar-refractivity contribution in [3.8, 4) is 0 Å². The van der Waals surface area contributed by atoms with Gasteiger partial charge in [0.2, 0.25) is 0 Å². The number of benzene rings is 1. The molecule has 10 heteroatoms. The molecule has 0 saturated carbocycles. The fraction of sp³-hybridized carbons (Fsp3) is 0.500. The molecule has 4 nitrogen and oxygen atoms in total. The maximum atomic E-state index is 12.7. The SMILES string of the molecule is O=C(NC[C@H]1CCCN1)Nc1cc(C(F)(F)F)cc(C(F)(F)F)c1. The number of alkyl halides is 6. The third kappa shape index (κ3) is 5.02. The average Bonchev–Trinajstić information content (AvgIpc) is 2.96. The Labute approximate surface area is 133 Å². The Kier molecular flexibility index (Phi) is 5.26. The van der Waals surface area contributed by atoms with Crippen LogP contribution in [0.4, 0.5) is 36.8 Å². The van der Waals surface area contributed by atoms with Crippen molar-refractivity contribution < 1.29 is 31.1 Å². The molecule has 0 aliphatic carbocycles. The first-order valence-electron chi connectivity index (χ1n) is 7.13. The number of urea groups is 1. The predicted molar refractivity (Wildman–Crippen MR) is 74.5 cm³/mol. The fourth-order valence-corrected chi connectivity index (χ4v) is 2.35. The van der Waals surface area contributed by atoms with Gasteiger partial charge in [-0.25, -0.2) is 4.79 Å². The molecule has 1 aliphatic heterocycles. The van der Waals surface area contributed by atoms with Gasteiger partial charge in [-0.05, 0) is 37.6 Å². The van der Waals surface area contributed by atoms with Crippen LogP contribution in [0, 0.1) is 0 Å². The van der Waals surface area contributed by atoms with Crippen molar-refractivity contribution in [1.29, 1.82) is 0 Å². The van der Waals surface area contributed by atoms with Gasteiger partial charge >= 0.3 is 18.4 Å². The second kappa shape index (κ2) is 6.88. The third-order valence-corrected chi connectivity index (χ3v) is 3.52. The van der Waals surface area contributed by atoms with Crippen molar-refractivity contribution in [2.75, 3.05) is 18.4 Å². The number of anilines is 1. The van der Waals surface area contributed by atoms with Gasteiger partial charge in [-0.2, -0.15) is 26.3 Å². The van der Waals surface area contributed by atoms with E-state index in [0.717, 1.165) is 19.4 Å². The number of nitrogens with one attached hydrogen (secondary N) is 3. The molecule has 1 heterocycles. The third-order valence-electron chi connectivity index (χ3n) is 3.52. The van der Waals surface area contributed by atoms with Crippen LogP contribution in [0.2, 0.25) is 0 Å². The first-order valence-corrected chi connectivity index (χ1v) is 7.13. The number of amides is 2. The van der Waals surface area contributed by atoms with Crippen LogP contribution in [0.3, 0.4) is 0 Å². The van der Waals surface area contributed by atoms with Gasteiger partial charge in [-0.3, -0.25) is 0 Å². The summed E-state index contributed by atoms with van der Waals surface area (Å²) in [6, 6.07) is 0.107. The molecule has 2 rings (SSSR count). The minimum Gasteiger partial charge on any atom is -0.336 e. The van der Waals surface area contributed by atoms with E-state index in [1.165, 1.54) is 0 Å². The minimum absolute atomic E-state index is 0.00549. The van der Waals surface area contributed by atoms with Gasteiger partial charge in [-0.1, -0.05) is 0 Å². The zero-order chi connectivity index (χ0) is 18.0. The summed E-state index contributed by atoms with van der Waals surface area (Å²) in [7, 11) is 0. The Morgan fingerprint density at radius 2 is 1.67 bits per heavy atom. The summed E-state index contributed by atoms with van der Waals surface area (Å²) in [5.41, 5.74) is -3.54. The van der Waals surface area contributed by atoms with Crippen molar-refractivity contribution in [2.24, 2.45) is 0 Å². The summed E-state index contributed by atoms with van der Waals surface area (Å²) < 4.78 is 76.3. The Balaban J connectivity index is 2.11. The monoisotopic (exact) mass is 355 g/mol. The van der Waals surface area contributed by atoms with E-state index in [9.17, 15) is 31.1 Å². The molecule has 134 valence electrons. The standard InChI is InChI=1S/C14H15F6N3O/c15-13(16,17)8-4-9(14(18,19)20)6-11(5-8)23-12(24)22-7-10-2-1-3-21-10/h4-6,10,21H,1-3,7H2,(H2,22,23,24)/t10-/m1/s1. The molecule has 1 atom stereocenters. The normalized spacial score (nSPS) is 18.5. The molecule has 0 radical (unpaired) electrons. The highest BCUT2D eigenvalue weighted by Crippen LogP contribution is 2.37. The van der Waals surface area contributed by atoms with Crippen LogP contribution < -0.4 is 16.0 Å². The van der Waals surface area contributed by atoms with E-state index in [4.69, 9.17) is 0 Å². The van der Waals surface area contributed by atoms with E-state index >= 15 is 0 Å². The van der Waals surface area contributed by atoms with Crippen LogP contribution in [0.5, 0.6) is 0 Å². The molecule has 1 aliphatic rings. The highest BCUT2D eigenvalue weighted by molar-refractivity contribution is 5.89. The van der Waals surface area contributed by atoms with Gasteiger partial charge in [0.1, 0.15) is 0 Å². The van der Waals surface area contributed by atoms with Gasteiger partial charge in [-0.15, -0.1) is 0 Å². The smallest absolute Gasteiger partial charge is 0.336 e. The van der Waals surface area contributed by atoms with E-state index in [1.807, 2.05) is 5.32 Å². The van der Waals surface area contributed by atoms with Crippen LogP contribution >= 0.6 is 0 Å². The van der Waals surface area contributed by atoms with E-state index in [0.29, 0.717) is 12.1 Å². The number of halogens is 6. The second-order valence-electron chi connectivity index (χ2n) is 5.42. The largest absolute Gasteiger partial charge is 0.416 e. The lowest BCUT2D eigenvalue weighted by atomic mass is 10.1. The zero-order valence-corrected chi connectivity index (χ0v) is 12.3. The molecular formula is C14H15F6N3O. The molecule has 1 saturated heterocycles. The van der Waals surface area contributed by atoms with Crippen LogP contribution in [-0.4, -0.2) is 25.2 Å². The van der Waals surface area contributed by atoms with Crippen LogP contribution in [0.1, 0.15) is 24.0 Å². The molecule has 2 amide bonds. The predicted octanol–water partition coefficient (Wildman–Crippen LogP) is 3.60. The fourth-order valence-electron chi connectivity index (χ4n) is 2.35. The van der Waals surface area contributed by atoms with Gasteiger partial charge in [0, 0.05) is 18.3 Å². The van der Waals surface area contributed by atoms with E-state index in [-0.39, 0.29) is 18.7 Å². The highest BCUT2D eigenvalue weighted by Gasteiger charge is 2.37. The van der Waals surface area contributed by atoms with Crippen molar-refractivity contribution in [2.45, 2.75) is 31.2 Å². The molecule has 0 aromatic heterocycles. The zero-order valence-electron chi connectivity index (χ0n) is 12.3. The van der Waals surface area contributed by atoms with E-state index < -0.39 is 35.2 Å². The Morgan fingerprint density at radius 1 is 1.08 bits per heavy atom. The van der Waals surface area contributed by atoms with Crippen LogP contribution in [-0.2, 0) is 12.4 Å². The molecule has 24 heavy (non-hydrogen) atoms. The molecule has 1 fully saturated rings. The molecule has 3 N–H and O–H groups in total. The van der Waals surface area contributed by atoms with Crippen molar-refractivity contribution in [1.82, 2.24) is 10.6 Å². The van der Waals surface area contributed by atoms with Crippen molar-refractivity contribution >= 4 is 11.7 Å². The summed E-state index contributed by atoms with van der Waals surface area (Å²) >= 11 is 0. The topological polar surface area (TPSA) is 53.2 Å². The lowest BCUT2D eigenvalue weighted by Gasteiger charge is -2.16. The Bertz CT molecular complexity index is 561. The molecule has 1 aromatic carbocycles. The lowest BCUT2D eigenvalue weighted by Crippen LogP contribution is -2.39. The molecule has 1 aromatic rings. The van der Waals surface area contributed by atoms with Gasteiger partial charge in [0.15, 0.2) is 0 Å². The maximum Gasteiger partial charge on any atom is 0.416 e. The Hall–Kier alpha value is -1.97. The molecule has 0 bridgehead atoms. The minimum atomic E-state index is -4.96. The van der Waals surface area contributed by atoms with Gasteiger partial charge in [0.05, 0.1) is 11.1 Å². The summed E-state index contributed by atoms with van der Waals surface area (Å²) in [5.74, 6) is 0. The van der Waals surface area contributed by atoms with Crippen molar-refractivity contribution in [3.63, 3.8) is 0 Å². The number of hydrogen-bond donors (Lipinski definition) is 3. The summed E-state index contributed by atoms with van der Waals surface area (Å²) in [6.45, 7) is 1.04. The number of carbonyl (C=O) groups excluding carboxylic acids is 1. The first kappa shape index (κ1) is 18.4. The van der Waals surface area contributed by atoms with Gasteiger partial charge in [0.25, 0.3) is 0 Å². The molecule has 0 spiro atoms. The molecule has 0 unspecified atom stereocenters. The first-order chi connectivity index (χ1) is 11.1. The van der Waals surface area contributed by atoms with Crippen molar-refractivity contribution in [3.05, 3.63) is 29.3 Å². The number of hydrogen-bond acceptors (Lipinski definition) is 2. The second-order valence-corrected chi connectivity index (χ2v) is 5.42.